The Balaban J connectivity index is 1.56. The maximum absolute atomic E-state index is 13.8. The number of hydrogen-bond donors (Lipinski definition) is 3. The topological polar surface area (TPSA) is 136 Å². The summed E-state index contributed by atoms with van der Waals surface area (Å²) in [6.07, 6.45) is 0. The lowest BCUT2D eigenvalue weighted by molar-refractivity contribution is 0.0882. The van der Waals surface area contributed by atoms with Crippen LogP contribution in [-0.2, 0) is 10.2 Å². The number of pyridine rings is 1. The highest BCUT2D eigenvalue weighted by Gasteiger charge is 2.27. The van der Waals surface area contributed by atoms with Gasteiger partial charge in [-0.2, -0.15) is 8.42 Å². The lowest BCUT2D eigenvalue weighted by Gasteiger charge is -2.28. The minimum atomic E-state index is -3.91. The lowest BCUT2D eigenvalue weighted by atomic mass is 10.0. The summed E-state index contributed by atoms with van der Waals surface area (Å²) in [5.74, 6) is -0.755. The Morgan fingerprint density at radius 1 is 1.24 bits per heavy atom. The normalized spacial score (nSPS) is 14.7. The van der Waals surface area contributed by atoms with Gasteiger partial charge in [0.2, 0.25) is 0 Å². The van der Waals surface area contributed by atoms with Crippen molar-refractivity contribution in [2.24, 2.45) is 10.1 Å². The second-order valence-corrected chi connectivity index (χ2v) is 9.67. The van der Waals surface area contributed by atoms with Crippen LogP contribution in [0, 0.1) is 12.7 Å². The molecule has 2 heterocycles. The van der Waals surface area contributed by atoms with Crippen LogP contribution in [-0.4, -0.2) is 37.3 Å². The van der Waals surface area contributed by atoms with E-state index in [1.54, 1.807) is 45.0 Å². The first-order valence-electron chi connectivity index (χ1n) is 9.98. The molecule has 9 nitrogen and oxygen atoms in total. The molecule has 4 rings (SSSR count). The van der Waals surface area contributed by atoms with E-state index in [9.17, 15) is 17.6 Å². The number of benzene rings is 2. The van der Waals surface area contributed by atoms with E-state index in [1.807, 2.05) is 0 Å². The Morgan fingerprint density at radius 3 is 2.76 bits per heavy atom. The van der Waals surface area contributed by atoms with Crippen molar-refractivity contribution >= 4 is 38.5 Å². The fourth-order valence-corrected chi connectivity index (χ4v) is 4.37. The number of nitrogens with one attached hydrogen (secondary N) is 2. The predicted molar refractivity (Wildman–Crippen MR) is 123 cm³/mol. The molecule has 0 radical (unpaired) electrons. The number of hydrogen-bond acceptors (Lipinski definition) is 6. The third-order valence-electron chi connectivity index (χ3n) is 4.92. The highest BCUT2D eigenvalue weighted by atomic mass is 32.2. The molecular formula is C22H22FN5O4S. The molecular weight excluding hydrogens is 449 g/mol. The van der Waals surface area contributed by atoms with Gasteiger partial charge in [0, 0.05) is 11.1 Å². The Kier molecular flexibility index (Phi) is 5.44. The summed E-state index contributed by atoms with van der Waals surface area (Å²) >= 11 is 0. The quantitative estimate of drug-likeness (QED) is 0.523. The summed E-state index contributed by atoms with van der Waals surface area (Å²) in [5, 5.41) is 3.30. The second-order valence-electron chi connectivity index (χ2n) is 8.33. The number of ether oxygens (including phenoxy) is 1. The minimum absolute atomic E-state index is 0.0333. The fourth-order valence-electron chi connectivity index (χ4n) is 3.52. The van der Waals surface area contributed by atoms with E-state index < -0.39 is 27.5 Å². The highest BCUT2D eigenvalue weighted by Crippen LogP contribution is 2.31. The van der Waals surface area contributed by atoms with E-state index >= 15 is 0 Å². The number of carbonyl (C=O) groups is 1. The number of amidine groups is 1. The van der Waals surface area contributed by atoms with Crippen LogP contribution < -0.4 is 20.5 Å². The average molecular weight is 472 g/mol. The van der Waals surface area contributed by atoms with Crippen LogP contribution in [0.4, 0.5) is 10.1 Å². The minimum Gasteiger partial charge on any atom is -0.490 e. The van der Waals surface area contributed by atoms with Crippen LogP contribution in [0.1, 0.15) is 35.5 Å². The van der Waals surface area contributed by atoms with Gasteiger partial charge in [-0.05, 0) is 57.2 Å². The van der Waals surface area contributed by atoms with Crippen molar-refractivity contribution < 1.29 is 22.3 Å². The molecule has 4 N–H and O–H groups in total. The van der Waals surface area contributed by atoms with Crippen molar-refractivity contribution in [3.05, 3.63) is 65.1 Å². The third kappa shape index (κ3) is 4.72. The molecule has 0 unspecified atom stereocenters. The Bertz CT molecular complexity index is 1420. The van der Waals surface area contributed by atoms with E-state index in [-0.39, 0.29) is 18.1 Å². The number of fused-ring (bicyclic) bond motifs is 2. The van der Waals surface area contributed by atoms with Gasteiger partial charge in [0.05, 0.1) is 27.9 Å². The Hall–Kier alpha value is -3.73. The van der Waals surface area contributed by atoms with Crippen LogP contribution in [0.25, 0.3) is 10.9 Å². The molecule has 1 aliphatic rings. The third-order valence-corrected chi connectivity index (χ3v) is 5.84. The van der Waals surface area contributed by atoms with Gasteiger partial charge in [0.25, 0.3) is 5.91 Å². The summed E-state index contributed by atoms with van der Waals surface area (Å²) in [7, 11) is -3.91. The lowest BCUT2D eigenvalue weighted by Crippen LogP contribution is -2.48. The molecule has 0 fully saturated rings. The molecule has 11 heteroatoms. The molecule has 0 saturated carbocycles. The highest BCUT2D eigenvalue weighted by molar-refractivity contribution is 7.91. The fraction of sp³-hybridized carbons (Fsp3) is 0.227. The smallest absolute Gasteiger partial charge is 0.344 e. The van der Waals surface area contributed by atoms with Crippen molar-refractivity contribution in [3.63, 3.8) is 0 Å². The van der Waals surface area contributed by atoms with E-state index in [4.69, 9.17) is 10.5 Å². The maximum atomic E-state index is 13.8. The maximum Gasteiger partial charge on any atom is 0.344 e. The largest absolute Gasteiger partial charge is 0.490 e. The van der Waals surface area contributed by atoms with Crippen LogP contribution >= 0.6 is 0 Å². The number of nitrogens with two attached hydrogens (primary N) is 1. The molecule has 1 aliphatic heterocycles. The van der Waals surface area contributed by atoms with Crippen LogP contribution in [0.15, 0.2) is 46.9 Å². The van der Waals surface area contributed by atoms with Gasteiger partial charge in [-0.25, -0.2) is 4.39 Å². The molecule has 0 atom stereocenters. The van der Waals surface area contributed by atoms with Gasteiger partial charge >= 0.3 is 10.2 Å². The monoisotopic (exact) mass is 471 g/mol. The van der Waals surface area contributed by atoms with E-state index in [2.05, 4.69) is 19.4 Å². The molecule has 0 saturated heterocycles. The predicted octanol–water partition coefficient (Wildman–Crippen LogP) is 2.65. The summed E-state index contributed by atoms with van der Waals surface area (Å²) in [5.41, 5.74) is 7.01. The zero-order chi connectivity index (χ0) is 24.0. The molecule has 0 bridgehead atoms. The van der Waals surface area contributed by atoms with E-state index in [0.29, 0.717) is 33.5 Å². The molecule has 2 aromatic carbocycles. The summed E-state index contributed by atoms with van der Waals surface area (Å²) < 4.78 is 49.0. The summed E-state index contributed by atoms with van der Waals surface area (Å²) in [4.78, 5) is 17.4. The average Bonchev–Trinajstić information content (AvgIpc) is 2.70. The zero-order valence-electron chi connectivity index (χ0n) is 18.1. The van der Waals surface area contributed by atoms with Crippen molar-refractivity contribution in [3.8, 4) is 5.75 Å². The summed E-state index contributed by atoms with van der Waals surface area (Å²) in [6.45, 7) is 5.31. The molecule has 1 amide bonds. The first kappa shape index (κ1) is 22.5. The first-order valence-corrected chi connectivity index (χ1v) is 11.4. The van der Waals surface area contributed by atoms with Gasteiger partial charge in [-0.15, -0.1) is 4.40 Å². The molecule has 3 aromatic rings. The van der Waals surface area contributed by atoms with Gasteiger partial charge in [-0.1, -0.05) is 6.07 Å². The number of aryl methyl sites for hydroxylation is 1. The van der Waals surface area contributed by atoms with Crippen molar-refractivity contribution in [1.82, 2.24) is 10.3 Å². The number of halogens is 1. The van der Waals surface area contributed by atoms with Crippen molar-refractivity contribution in [2.75, 3.05) is 11.3 Å². The molecule has 1 aromatic heterocycles. The summed E-state index contributed by atoms with van der Waals surface area (Å²) in [6, 6.07) is 10.5. The molecule has 0 aliphatic carbocycles. The van der Waals surface area contributed by atoms with Crippen LogP contribution in [0.3, 0.4) is 0 Å². The molecule has 0 spiro atoms. The number of carbonyl (C=O) groups excluding carboxylic acids is 1. The van der Waals surface area contributed by atoms with Crippen LogP contribution in [0.2, 0.25) is 0 Å². The van der Waals surface area contributed by atoms with Crippen molar-refractivity contribution in [2.45, 2.75) is 26.3 Å². The standard InChI is InChI=1S/C22H22FN5O4S/c1-12-9-15(14-10-13(23)7-8-16(14)25-12)21(29)26-22(2,3)11-32-18-6-4-5-17-19(18)20(24)28-33(30,31)27-17/h4-10,27H,11H2,1-3H3,(H2,24,28)(H,26,29). The van der Waals surface area contributed by atoms with Gasteiger partial charge < -0.3 is 15.8 Å². The number of anilines is 1. The Labute approximate surface area is 190 Å². The first-order chi connectivity index (χ1) is 15.4. The van der Waals surface area contributed by atoms with Crippen LogP contribution in [0.5, 0.6) is 5.75 Å². The Morgan fingerprint density at radius 2 is 2.00 bits per heavy atom. The van der Waals surface area contributed by atoms with Crippen molar-refractivity contribution in [1.29, 1.82) is 0 Å². The van der Waals surface area contributed by atoms with E-state index in [1.165, 1.54) is 18.2 Å². The number of rotatable bonds is 5. The zero-order valence-corrected chi connectivity index (χ0v) is 19.0. The van der Waals surface area contributed by atoms with Gasteiger partial charge in [0.15, 0.2) is 5.84 Å². The number of aromatic nitrogens is 1. The second kappa shape index (κ2) is 8.00. The van der Waals surface area contributed by atoms with E-state index in [0.717, 1.165) is 0 Å². The number of nitrogens with zero attached hydrogens (tertiary/aromatic N) is 2. The number of amides is 1. The SMILES string of the molecule is Cc1cc(C(=O)NC(C)(C)COc2cccc3c2C(N)=NS(=O)(=O)N3)c2cc(F)ccc2n1. The molecule has 33 heavy (non-hydrogen) atoms. The van der Waals surface area contributed by atoms with Gasteiger partial charge in [-0.3, -0.25) is 14.5 Å². The molecule has 172 valence electrons. The van der Waals surface area contributed by atoms with Gasteiger partial charge in [0.1, 0.15) is 18.2 Å².